The fourth-order valence-corrected chi connectivity index (χ4v) is 4.46. The van der Waals surface area contributed by atoms with Crippen LogP contribution in [0.5, 0.6) is 11.5 Å². The van der Waals surface area contributed by atoms with E-state index >= 15 is 0 Å². The normalized spacial score (nSPS) is 11.3. The number of pyridine rings is 1. The fourth-order valence-electron chi connectivity index (χ4n) is 4.46. The molecule has 0 bridgehead atoms. The van der Waals surface area contributed by atoms with Crippen molar-refractivity contribution in [3.63, 3.8) is 0 Å². The van der Waals surface area contributed by atoms with Gasteiger partial charge in [0, 0.05) is 35.6 Å². The molecule has 0 aliphatic carbocycles. The van der Waals surface area contributed by atoms with Crippen molar-refractivity contribution in [3.05, 3.63) is 109 Å². The van der Waals surface area contributed by atoms with E-state index in [1.165, 1.54) is 5.56 Å². The smallest absolute Gasteiger partial charge is 0.509 e. The van der Waals surface area contributed by atoms with Crippen LogP contribution in [0.2, 0.25) is 0 Å². The molecule has 6 nitrogen and oxygen atoms in total. The van der Waals surface area contributed by atoms with Crippen LogP contribution in [0, 0.1) is 23.5 Å². The third kappa shape index (κ3) is 4.62. The molecule has 0 saturated heterocycles. The number of rotatable bonds is 4. The minimum Gasteiger partial charge on any atom is -0.509 e. The van der Waals surface area contributed by atoms with Gasteiger partial charge < -0.3 is 9.30 Å². The Morgan fingerprint density at radius 2 is 1.71 bits per heavy atom. The van der Waals surface area contributed by atoms with Gasteiger partial charge in [-0.2, -0.15) is 22.5 Å². The summed E-state index contributed by atoms with van der Waals surface area (Å²) in [6, 6.07) is 30.3. The number of hydrogen-bond donors (Lipinski definition) is 0. The van der Waals surface area contributed by atoms with Gasteiger partial charge in [0.1, 0.15) is 5.82 Å². The summed E-state index contributed by atoms with van der Waals surface area (Å²) >= 11 is 0. The predicted molar refractivity (Wildman–Crippen MR) is 143 cm³/mol. The Morgan fingerprint density at radius 1 is 0.895 bits per heavy atom. The quantitative estimate of drug-likeness (QED) is 0.190. The van der Waals surface area contributed by atoms with Gasteiger partial charge in [-0.3, -0.25) is 4.68 Å². The standard InChI is InChI=1S/C31H23N5O.Pt/c1-31(2,3)22-12-14-33-30(17-22)36-28-16-21(20-32)8-10-26(28)27-11-9-25(19-29(27)36)37-24-7-4-6-23(18-24)35-15-5-13-34-35;/h4-17H,1-3H3;/q-2;+2. The van der Waals surface area contributed by atoms with Crippen LogP contribution in [-0.4, -0.2) is 19.3 Å². The number of fused-ring (bicyclic) bond motifs is 3. The number of ether oxygens (including phenoxy) is 1. The molecule has 0 amide bonds. The second-order valence-corrected chi connectivity index (χ2v) is 9.87. The Labute approximate surface area is 235 Å². The second kappa shape index (κ2) is 9.93. The minimum absolute atomic E-state index is 0. The second-order valence-electron chi connectivity index (χ2n) is 9.87. The van der Waals surface area contributed by atoms with E-state index in [2.05, 4.69) is 54.7 Å². The van der Waals surface area contributed by atoms with Crippen LogP contribution in [-0.2, 0) is 26.5 Å². The number of benzene rings is 3. The maximum Gasteiger partial charge on any atom is 2.00 e. The molecule has 7 heteroatoms. The summed E-state index contributed by atoms with van der Waals surface area (Å²) in [6.07, 6.45) is 5.42. The Kier molecular flexibility index (Phi) is 6.65. The molecule has 0 atom stereocenters. The zero-order chi connectivity index (χ0) is 25.6. The van der Waals surface area contributed by atoms with E-state index in [9.17, 15) is 5.26 Å². The summed E-state index contributed by atoms with van der Waals surface area (Å²) in [5.74, 6) is 1.88. The van der Waals surface area contributed by atoms with Gasteiger partial charge in [0.2, 0.25) is 0 Å². The van der Waals surface area contributed by atoms with E-state index < -0.39 is 0 Å². The van der Waals surface area contributed by atoms with E-state index in [0.717, 1.165) is 33.3 Å². The molecule has 0 aliphatic rings. The van der Waals surface area contributed by atoms with Crippen molar-refractivity contribution in [3.8, 4) is 29.1 Å². The fraction of sp³-hybridized carbons (Fsp3) is 0.129. The van der Waals surface area contributed by atoms with E-state index in [-0.39, 0.29) is 26.5 Å². The Morgan fingerprint density at radius 3 is 2.47 bits per heavy atom. The van der Waals surface area contributed by atoms with Gasteiger partial charge in [-0.15, -0.1) is 35.7 Å². The molecule has 0 aliphatic heterocycles. The van der Waals surface area contributed by atoms with Crippen LogP contribution in [0.3, 0.4) is 0 Å². The third-order valence-corrected chi connectivity index (χ3v) is 6.34. The van der Waals surface area contributed by atoms with E-state index in [1.54, 1.807) is 10.9 Å². The van der Waals surface area contributed by atoms with Gasteiger partial charge in [0.15, 0.2) is 0 Å². The molecule has 6 aromatic rings. The van der Waals surface area contributed by atoms with E-state index in [1.807, 2.05) is 73.1 Å². The molecule has 3 aromatic carbocycles. The maximum absolute atomic E-state index is 9.57. The Bertz CT molecular complexity index is 1810. The first-order valence-electron chi connectivity index (χ1n) is 12.0. The molecular weight excluding hydrogens is 653 g/mol. The monoisotopic (exact) mass is 676 g/mol. The number of nitrogens with zero attached hydrogens (tertiary/aromatic N) is 5. The van der Waals surface area contributed by atoms with Crippen LogP contribution in [0.1, 0.15) is 31.9 Å². The van der Waals surface area contributed by atoms with E-state index in [4.69, 9.17) is 9.72 Å². The molecule has 0 unspecified atom stereocenters. The van der Waals surface area contributed by atoms with Crippen LogP contribution < -0.4 is 4.74 Å². The van der Waals surface area contributed by atoms with Crippen LogP contribution in [0.25, 0.3) is 33.3 Å². The maximum atomic E-state index is 9.57. The largest absolute Gasteiger partial charge is 2.00 e. The average Bonchev–Trinajstić information content (AvgIpc) is 3.54. The number of hydrogen-bond acceptors (Lipinski definition) is 4. The molecule has 0 saturated carbocycles. The van der Waals surface area contributed by atoms with E-state index in [0.29, 0.717) is 17.1 Å². The van der Waals surface area contributed by atoms with Crippen molar-refractivity contribution in [2.75, 3.05) is 0 Å². The topological polar surface area (TPSA) is 68.7 Å². The summed E-state index contributed by atoms with van der Waals surface area (Å²) in [4.78, 5) is 4.71. The van der Waals surface area contributed by atoms with Crippen molar-refractivity contribution in [2.45, 2.75) is 26.2 Å². The van der Waals surface area contributed by atoms with Crippen molar-refractivity contribution >= 4 is 21.8 Å². The van der Waals surface area contributed by atoms with Gasteiger partial charge in [-0.05, 0) is 52.4 Å². The molecule has 0 fully saturated rings. The Hall–Kier alpha value is -4.20. The molecule has 3 heterocycles. The molecule has 0 N–H and O–H groups in total. The first-order chi connectivity index (χ1) is 17.9. The minimum atomic E-state index is -0.0400. The zero-order valence-corrected chi connectivity index (χ0v) is 23.3. The molecular formula is C31H23N5OPt. The summed E-state index contributed by atoms with van der Waals surface area (Å²) in [5.41, 5.74) is 4.22. The van der Waals surface area contributed by atoms with Crippen molar-refractivity contribution in [1.82, 2.24) is 19.3 Å². The molecule has 6 rings (SSSR count). The average molecular weight is 677 g/mol. The van der Waals surface area contributed by atoms with Gasteiger partial charge in [0.05, 0.1) is 11.6 Å². The van der Waals surface area contributed by atoms with Crippen LogP contribution in [0.15, 0.2) is 85.3 Å². The third-order valence-electron chi connectivity index (χ3n) is 6.34. The first-order valence-corrected chi connectivity index (χ1v) is 12.0. The molecule has 3 aromatic heterocycles. The van der Waals surface area contributed by atoms with Gasteiger partial charge >= 0.3 is 21.1 Å². The van der Waals surface area contributed by atoms with Crippen LogP contribution >= 0.6 is 0 Å². The summed E-state index contributed by atoms with van der Waals surface area (Å²) in [6.45, 7) is 6.53. The van der Waals surface area contributed by atoms with Gasteiger partial charge in [-0.25, -0.2) is 4.98 Å². The van der Waals surface area contributed by atoms with Crippen molar-refractivity contribution < 1.29 is 25.8 Å². The summed E-state index contributed by atoms with van der Waals surface area (Å²) < 4.78 is 9.98. The Balaban J connectivity index is 0.00000294. The molecule has 38 heavy (non-hydrogen) atoms. The number of aromatic nitrogens is 4. The molecule has 188 valence electrons. The molecule has 0 spiro atoms. The summed E-state index contributed by atoms with van der Waals surface area (Å²) in [7, 11) is 0. The zero-order valence-electron chi connectivity index (χ0n) is 21.0. The van der Waals surface area contributed by atoms with Gasteiger partial charge in [-0.1, -0.05) is 32.4 Å². The SMILES string of the molecule is CC(C)(C)c1ccnc(-n2c3[c-]c(Oc4[c-]c(-n5cccn5)ccc4)ccc3c3ccc(C#N)cc32)c1.[Pt+2]. The number of nitriles is 1. The summed E-state index contributed by atoms with van der Waals surface area (Å²) in [5, 5.41) is 15.9. The van der Waals surface area contributed by atoms with Crippen LogP contribution in [0.4, 0.5) is 0 Å². The van der Waals surface area contributed by atoms with Crippen molar-refractivity contribution in [1.29, 1.82) is 5.26 Å². The first kappa shape index (κ1) is 25.4. The van der Waals surface area contributed by atoms with Crippen molar-refractivity contribution in [2.24, 2.45) is 0 Å². The predicted octanol–water partition coefficient (Wildman–Crippen LogP) is 6.92. The molecule has 0 radical (unpaired) electrons. The van der Waals surface area contributed by atoms with Gasteiger partial charge in [0.25, 0.3) is 0 Å².